The number of rotatable bonds is 7. The second kappa shape index (κ2) is 10.6. The van der Waals surface area contributed by atoms with Gasteiger partial charge in [0, 0.05) is 34.1 Å². The van der Waals surface area contributed by atoms with Crippen LogP contribution in [0.3, 0.4) is 0 Å². The zero-order valence-corrected chi connectivity index (χ0v) is 16.3. The van der Waals surface area contributed by atoms with Crippen LogP contribution in [0, 0.1) is 0 Å². The Balaban J connectivity index is 3.27. The minimum absolute atomic E-state index is 0.152. The van der Waals surface area contributed by atoms with E-state index < -0.39 is 67.0 Å². The predicted octanol–water partition coefficient (Wildman–Crippen LogP) is -0.325. The maximum Gasteiger partial charge on any atom is 0.335 e. The van der Waals surface area contributed by atoms with Crippen molar-refractivity contribution in [1.82, 2.24) is 0 Å². The molecule has 0 unspecified atom stereocenters. The summed E-state index contributed by atoms with van der Waals surface area (Å²) in [5.41, 5.74) is 0. The average molecular weight is 404 g/mol. The molecule has 158 valence electrons. The molecule has 0 saturated carbocycles. The number of hydrogen-bond donors (Lipinski definition) is 0. The quantitative estimate of drug-likeness (QED) is 0.407. The van der Waals surface area contributed by atoms with E-state index in [9.17, 15) is 24.0 Å². The lowest BCUT2D eigenvalue weighted by Gasteiger charge is -2.41. The summed E-state index contributed by atoms with van der Waals surface area (Å²) in [4.78, 5) is 57.7. The molecule has 11 heteroatoms. The number of carbonyl (C=O) groups is 5. The summed E-state index contributed by atoms with van der Waals surface area (Å²) in [6, 6.07) is 0. The molecule has 0 aliphatic carbocycles. The molecule has 1 saturated heterocycles. The first kappa shape index (κ1) is 23.3. The third kappa shape index (κ3) is 7.14. The Bertz CT molecular complexity index is 614. The molecule has 1 heterocycles. The van der Waals surface area contributed by atoms with Crippen molar-refractivity contribution in [2.24, 2.45) is 0 Å². The van der Waals surface area contributed by atoms with Crippen LogP contribution in [0.1, 0.15) is 34.1 Å². The maximum atomic E-state index is 12.0. The monoisotopic (exact) mass is 404 g/mol. The Labute approximate surface area is 161 Å². The molecule has 28 heavy (non-hydrogen) atoms. The van der Waals surface area contributed by atoms with Crippen molar-refractivity contribution in [2.75, 3.05) is 13.7 Å². The fourth-order valence-electron chi connectivity index (χ4n) is 2.73. The van der Waals surface area contributed by atoms with Gasteiger partial charge in [0.25, 0.3) is 0 Å². The van der Waals surface area contributed by atoms with Gasteiger partial charge >= 0.3 is 29.8 Å². The van der Waals surface area contributed by atoms with Crippen LogP contribution in [0.4, 0.5) is 0 Å². The smallest absolute Gasteiger partial charge is 0.335 e. The van der Waals surface area contributed by atoms with Gasteiger partial charge in [-0.15, -0.1) is 0 Å². The largest absolute Gasteiger partial charge is 0.467 e. The van der Waals surface area contributed by atoms with Gasteiger partial charge in [0.05, 0.1) is 7.11 Å². The highest BCUT2D eigenvalue weighted by atomic mass is 16.6. The fourth-order valence-corrected chi connectivity index (χ4v) is 2.73. The van der Waals surface area contributed by atoms with Crippen molar-refractivity contribution in [3.63, 3.8) is 0 Å². The van der Waals surface area contributed by atoms with E-state index in [2.05, 4.69) is 4.74 Å². The van der Waals surface area contributed by atoms with Gasteiger partial charge < -0.3 is 28.4 Å². The normalized spacial score (nSPS) is 25.0. The van der Waals surface area contributed by atoms with Crippen molar-refractivity contribution >= 4 is 29.8 Å². The summed E-state index contributed by atoms with van der Waals surface area (Å²) >= 11 is 0. The van der Waals surface area contributed by atoms with Gasteiger partial charge in [0.15, 0.2) is 18.3 Å². The average Bonchev–Trinajstić information content (AvgIpc) is 2.57. The molecule has 0 bridgehead atoms. The van der Waals surface area contributed by atoms with Crippen LogP contribution in [-0.4, -0.2) is 74.1 Å². The third-order valence-corrected chi connectivity index (χ3v) is 3.68. The van der Waals surface area contributed by atoms with Crippen LogP contribution in [0.25, 0.3) is 0 Å². The minimum atomic E-state index is -1.27. The lowest BCUT2D eigenvalue weighted by Crippen LogP contribution is -2.59. The van der Waals surface area contributed by atoms with Crippen molar-refractivity contribution in [2.45, 2.75) is 64.6 Å². The number of methoxy groups -OCH3 is 1. The van der Waals surface area contributed by atoms with Crippen molar-refractivity contribution in [3.8, 4) is 0 Å². The van der Waals surface area contributed by atoms with Crippen molar-refractivity contribution in [3.05, 3.63) is 0 Å². The molecular weight excluding hydrogens is 380 g/mol. The second-order valence-corrected chi connectivity index (χ2v) is 6.02. The van der Waals surface area contributed by atoms with Crippen LogP contribution in [-0.2, 0) is 52.4 Å². The molecule has 0 aromatic heterocycles. The van der Waals surface area contributed by atoms with E-state index in [0.29, 0.717) is 0 Å². The summed E-state index contributed by atoms with van der Waals surface area (Å²) in [6.45, 7) is 4.10. The van der Waals surface area contributed by atoms with E-state index >= 15 is 0 Å². The highest BCUT2D eigenvalue weighted by molar-refractivity contribution is 5.75. The summed E-state index contributed by atoms with van der Waals surface area (Å²) < 4.78 is 30.8. The van der Waals surface area contributed by atoms with E-state index in [1.54, 1.807) is 0 Å². The molecule has 1 fully saturated rings. The zero-order valence-electron chi connectivity index (χ0n) is 16.3. The first-order valence-corrected chi connectivity index (χ1v) is 8.43. The Kier molecular flexibility index (Phi) is 8.83. The first-order chi connectivity index (χ1) is 13.0. The number of esters is 5. The number of carbonyl (C=O) groups excluding carboxylic acids is 5. The molecule has 1 aliphatic rings. The summed E-state index contributed by atoms with van der Waals surface area (Å²) in [5.74, 6) is -3.56. The summed E-state index contributed by atoms with van der Waals surface area (Å²) in [6.07, 6.45) is -6.16. The Morgan fingerprint density at radius 3 is 2.00 bits per heavy atom. The SMILES string of the molecule is COC(=O)[C@H]1C[C@@H](OC(C)=O)[C@@H](OC(C)=O)[C@@H]([C@@H](COC(C)=O)OC(C)=O)O1. The van der Waals surface area contributed by atoms with Crippen LogP contribution >= 0.6 is 0 Å². The molecule has 1 aliphatic heterocycles. The van der Waals surface area contributed by atoms with Gasteiger partial charge in [-0.05, 0) is 0 Å². The maximum absolute atomic E-state index is 12.0. The molecule has 11 nitrogen and oxygen atoms in total. The molecular formula is C17H24O11. The van der Waals surface area contributed by atoms with E-state index in [1.807, 2.05) is 0 Å². The van der Waals surface area contributed by atoms with E-state index in [1.165, 1.54) is 0 Å². The van der Waals surface area contributed by atoms with Gasteiger partial charge in [-0.1, -0.05) is 0 Å². The first-order valence-electron chi connectivity index (χ1n) is 8.43. The highest BCUT2D eigenvalue weighted by Gasteiger charge is 2.50. The van der Waals surface area contributed by atoms with Gasteiger partial charge in [-0.2, -0.15) is 0 Å². The lowest BCUT2D eigenvalue weighted by molar-refractivity contribution is -0.234. The van der Waals surface area contributed by atoms with Gasteiger partial charge in [0.1, 0.15) is 18.8 Å². The molecule has 1 rings (SSSR count). The summed E-state index contributed by atoms with van der Waals surface area (Å²) in [7, 11) is 1.14. The Morgan fingerprint density at radius 2 is 1.54 bits per heavy atom. The molecule has 5 atom stereocenters. The van der Waals surface area contributed by atoms with Crippen LogP contribution in [0.2, 0.25) is 0 Å². The topological polar surface area (TPSA) is 141 Å². The number of ether oxygens (including phenoxy) is 6. The fraction of sp³-hybridized carbons (Fsp3) is 0.706. The zero-order chi connectivity index (χ0) is 21.4. The minimum Gasteiger partial charge on any atom is -0.467 e. The van der Waals surface area contributed by atoms with Crippen LogP contribution < -0.4 is 0 Å². The lowest BCUT2D eigenvalue weighted by atomic mass is 9.94. The summed E-state index contributed by atoms with van der Waals surface area (Å²) in [5, 5.41) is 0. The molecule has 0 aromatic carbocycles. The number of hydrogen-bond acceptors (Lipinski definition) is 11. The highest BCUT2D eigenvalue weighted by Crippen LogP contribution is 2.29. The van der Waals surface area contributed by atoms with E-state index in [-0.39, 0.29) is 6.42 Å². The molecule has 0 spiro atoms. The predicted molar refractivity (Wildman–Crippen MR) is 88.6 cm³/mol. The third-order valence-electron chi connectivity index (χ3n) is 3.68. The van der Waals surface area contributed by atoms with Gasteiger partial charge in [-0.25, -0.2) is 4.79 Å². The van der Waals surface area contributed by atoms with Gasteiger partial charge in [-0.3, -0.25) is 19.2 Å². The molecule has 0 N–H and O–H groups in total. The van der Waals surface area contributed by atoms with Crippen molar-refractivity contribution in [1.29, 1.82) is 0 Å². The van der Waals surface area contributed by atoms with Crippen LogP contribution in [0.5, 0.6) is 0 Å². The van der Waals surface area contributed by atoms with Crippen molar-refractivity contribution < 1.29 is 52.4 Å². The van der Waals surface area contributed by atoms with Gasteiger partial charge in [0.2, 0.25) is 0 Å². The van der Waals surface area contributed by atoms with E-state index in [4.69, 9.17) is 23.7 Å². The molecule has 0 aromatic rings. The molecule has 0 radical (unpaired) electrons. The Hall–Kier alpha value is -2.69. The van der Waals surface area contributed by atoms with Crippen LogP contribution in [0.15, 0.2) is 0 Å². The standard InChI is InChI=1S/C17H24O11/c1-8(18)24-7-14(26-10(3)20)16-15(27-11(4)21)12(25-9(2)19)6-13(28-16)17(22)23-5/h12-16H,6-7H2,1-5H3/t12-,13-,14-,15-,16-/m1/s1. The molecule has 0 amide bonds. The second-order valence-electron chi connectivity index (χ2n) is 6.02. The Morgan fingerprint density at radius 1 is 0.929 bits per heavy atom. The van der Waals surface area contributed by atoms with E-state index in [0.717, 1.165) is 34.8 Å².